The van der Waals surface area contributed by atoms with Gasteiger partial charge in [-0.25, -0.2) is 0 Å². The zero-order chi connectivity index (χ0) is 23.8. The largest absolute Gasteiger partial charge is 0.377 e. The number of epoxide rings is 8. The molecule has 0 N–H and O–H groups in total. The van der Waals surface area contributed by atoms with E-state index in [-0.39, 0.29) is 0 Å². The lowest BCUT2D eigenvalue weighted by atomic mass is 9.91. The molecule has 6 unspecified atom stereocenters. The van der Waals surface area contributed by atoms with E-state index in [9.17, 15) is 0 Å². The van der Waals surface area contributed by atoms with Crippen LogP contribution in [0.4, 0.5) is 0 Å². The Labute approximate surface area is 206 Å². The first-order valence-corrected chi connectivity index (χ1v) is 13.5. The van der Waals surface area contributed by atoms with Crippen molar-refractivity contribution < 1.29 is 37.9 Å². The summed E-state index contributed by atoms with van der Waals surface area (Å²) >= 11 is 0. The maximum Gasteiger partial charge on any atom is 0.0844 e. The molecule has 34 heavy (non-hydrogen) atoms. The molecule has 0 spiro atoms. The molecule has 10 rings (SSSR count). The fraction of sp³-hybridized carbons (Fsp3) is 1.00. The first-order chi connectivity index (χ1) is 16.7. The van der Waals surface area contributed by atoms with Crippen molar-refractivity contribution in [3.8, 4) is 0 Å². The monoisotopic (exact) mass is 488 g/mol. The van der Waals surface area contributed by atoms with Gasteiger partial charge in [-0.1, -0.05) is 13.8 Å². The van der Waals surface area contributed by atoms with Gasteiger partial charge in [0.25, 0.3) is 0 Å². The lowest BCUT2D eigenvalue weighted by Crippen LogP contribution is -2.09. The van der Waals surface area contributed by atoms with Crippen molar-refractivity contribution in [2.45, 2.75) is 76.8 Å². The average molecular weight is 489 g/mol. The van der Waals surface area contributed by atoms with E-state index in [1.54, 1.807) is 0 Å². The first kappa shape index (κ1) is 28.3. The molecular weight excluding hydrogens is 440 g/mol. The molecule has 8 heterocycles. The predicted octanol–water partition coefficient (Wildman–Crippen LogP) is 3.25. The molecule has 8 aliphatic heterocycles. The molecule has 0 amide bonds. The second-order valence-electron chi connectivity index (χ2n) is 9.94. The number of fused-ring (bicyclic) bond motifs is 2. The second kappa shape index (κ2) is 17.2. The van der Waals surface area contributed by atoms with Crippen LogP contribution in [0.5, 0.6) is 0 Å². The van der Waals surface area contributed by atoms with Crippen LogP contribution in [0.3, 0.4) is 0 Å². The predicted molar refractivity (Wildman–Crippen MR) is 128 cm³/mol. The molecule has 10 aliphatic rings. The molecule has 10 fully saturated rings. The third-order valence-corrected chi connectivity index (χ3v) is 5.76. The van der Waals surface area contributed by atoms with Crippen LogP contribution >= 0.6 is 0 Å². The summed E-state index contributed by atoms with van der Waals surface area (Å²) < 4.78 is 37.7. The van der Waals surface area contributed by atoms with Crippen molar-refractivity contribution in [2.24, 2.45) is 11.8 Å². The van der Waals surface area contributed by atoms with Crippen molar-refractivity contribution in [3.05, 3.63) is 0 Å². The highest BCUT2D eigenvalue weighted by Crippen LogP contribution is 2.39. The summed E-state index contributed by atoms with van der Waals surface area (Å²) in [4.78, 5) is 0. The van der Waals surface area contributed by atoms with Crippen molar-refractivity contribution in [1.82, 2.24) is 0 Å². The van der Waals surface area contributed by atoms with E-state index in [1.807, 2.05) is 0 Å². The standard InChI is InChI=1S/2C7H12O.6C2H4O/c2*1-5-2-3-6-7(4-5)8-6;6*1-2-3-1/h2*5-7H,2-4H2,1H3;6*1-2H2. The van der Waals surface area contributed by atoms with Crippen LogP contribution in [0.1, 0.15) is 52.4 Å². The minimum absolute atomic E-state index is 0.679. The summed E-state index contributed by atoms with van der Waals surface area (Å²) in [6, 6.07) is 0. The molecule has 0 radical (unpaired) electrons. The maximum atomic E-state index is 5.35. The van der Waals surface area contributed by atoms with E-state index in [4.69, 9.17) is 9.47 Å². The Hall–Kier alpha value is -0.320. The molecule has 0 aromatic carbocycles. The fourth-order valence-electron chi connectivity index (χ4n) is 3.21. The zero-order valence-corrected chi connectivity index (χ0v) is 21.5. The van der Waals surface area contributed by atoms with E-state index in [1.165, 1.54) is 38.5 Å². The number of ether oxygens (including phenoxy) is 8. The Kier molecular flexibility index (Phi) is 14.3. The highest BCUT2D eigenvalue weighted by molar-refractivity contribution is 4.91. The molecule has 6 atom stereocenters. The minimum Gasteiger partial charge on any atom is -0.377 e. The maximum absolute atomic E-state index is 5.35. The van der Waals surface area contributed by atoms with Gasteiger partial charge in [-0.05, 0) is 50.4 Å². The SMILES string of the molecule is C1CO1.C1CO1.C1CO1.C1CO1.C1CO1.C1CO1.CC1CCC2OC2C1.CC1CCC2OC2C1. The van der Waals surface area contributed by atoms with Crippen LogP contribution in [0.2, 0.25) is 0 Å². The van der Waals surface area contributed by atoms with Gasteiger partial charge in [0.15, 0.2) is 0 Å². The summed E-state index contributed by atoms with van der Waals surface area (Å²) in [5.74, 6) is 1.86. The van der Waals surface area contributed by atoms with Crippen LogP contribution in [0.15, 0.2) is 0 Å². The lowest BCUT2D eigenvalue weighted by Gasteiger charge is -2.11. The van der Waals surface area contributed by atoms with Gasteiger partial charge < -0.3 is 37.9 Å². The summed E-state index contributed by atoms with van der Waals surface area (Å²) in [7, 11) is 0. The molecule has 8 heteroatoms. The highest BCUT2D eigenvalue weighted by atomic mass is 16.6. The molecule has 8 nitrogen and oxygen atoms in total. The van der Waals surface area contributed by atoms with E-state index < -0.39 is 0 Å². The van der Waals surface area contributed by atoms with Gasteiger partial charge in [0.05, 0.1) is 104 Å². The summed E-state index contributed by atoms with van der Waals surface area (Å²) in [5.41, 5.74) is 0. The molecule has 8 saturated heterocycles. The van der Waals surface area contributed by atoms with E-state index in [2.05, 4.69) is 42.3 Å². The van der Waals surface area contributed by atoms with Crippen molar-refractivity contribution in [1.29, 1.82) is 0 Å². The van der Waals surface area contributed by atoms with Crippen LogP contribution in [0.25, 0.3) is 0 Å². The van der Waals surface area contributed by atoms with Crippen molar-refractivity contribution in [3.63, 3.8) is 0 Å². The van der Waals surface area contributed by atoms with Gasteiger partial charge in [-0.3, -0.25) is 0 Å². The van der Waals surface area contributed by atoms with E-state index in [0.717, 1.165) is 91.1 Å². The third kappa shape index (κ3) is 23.4. The Bertz CT molecular complexity index is 406. The Morgan fingerprint density at radius 2 is 0.588 bits per heavy atom. The van der Waals surface area contributed by atoms with Crippen molar-refractivity contribution in [2.75, 3.05) is 79.3 Å². The summed E-state index contributed by atoms with van der Waals surface area (Å²) in [6.07, 6.45) is 10.8. The first-order valence-electron chi connectivity index (χ1n) is 13.5. The van der Waals surface area contributed by atoms with Crippen LogP contribution in [-0.4, -0.2) is 104 Å². The van der Waals surface area contributed by atoms with Crippen molar-refractivity contribution >= 4 is 0 Å². The third-order valence-electron chi connectivity index (χ3n) is 5.76. The molecular formula is C26H48O8. The van der Waals surface area contributed by atoms with Gasteiger partial charge >= 0.3 is 0 Å². The molecule has 0 aromatic heterocycles. The van der Waals surface area contributed by atoms with Crippen LogP contribution in [-0.2, 0) is 37.9 Å². The Morgan fingerprint density at radius 1 is 0.353 bits per heavy atom. The van der Waals surface area contributed by atoms with Gasteiger partial charge in [-0.15, -0.1) is 0 Å². The van der Waals surface area contributed by atoms with Gasteiger partial charge in [0, 0.05) is 0 Å². The molecule has 2 aliphatic carbocycles. The van der Waals surface area contributed by atoms with E-state index in [0.29, 0.717) is 24.4 Å². The molecule has 200 valence electrons. The van der Waals surface area contributed by atoms with Gasteiger partial charge in [0.2, 0.25) is 0 Å². The molecule has 0 bridgehead atoms. The van der Waals surface area contributed by atoms with Crippen LogP contribution in [0, 0.1) is 11.8 Å². The van der Waals surface area contributed by atoms with Gasteiger partial charge in [-0.2, -0.15) is 0 Å². The van der Waals surface area contributed by atoms with Crippen LogP contribution < -0.4 is 0 Å². The molecule has 2 saturated carbocycles. The van der Waals surface area contributed by atoms with E-state index >= 15 is 0 Å². The fourth-order valence-corrected chi connectivity index (χ4v) is 3.21. The lowest BCUT2D eigenvalue weighted by molar-refractivity contribution is 0.367. The molecule has 0 aromatic rings. The smallest absolute Gasteiger partial charge is 0.0844 e. The normalized spacial score (nSPS) is 37.6. The van der Waals surface area contributed by atoms with Gasteiger partial charge in [0.1, 0.15) is 0 Å². The second-order valence-corrected chi connectivity index (χ2v) is 9.94. The topological polar surface area (TPSA) is 100 Å². The summed E-state index contributed by atoms with van der Waals surface area (Å²) in [6.45, 7) is 16.6. The minimum atomic E-state index is 0.679. The number of hydrogen-bond acceptors (Lipinski definition) is 8. The Morgan fingerprint density at radius 3 is 0.735 bits per heavy atom. The highest BCUT2D eigenvalue weighted by Gasteiger charge is 2.43. The average Bonchev–Trinajstić information content (AvgIpc) is 3.64. The quantitative estimate of drug-likeness (QED) is 0.479. The number of hydrogen-bond donors (Lipinski definition) is 0. The number of rotatable bonds is 0. The zero-order valence-electron chi connectivity index (χ0n) is 21.5. The Balaban J connectivity index is 0.000000115. The summed E-state index contributed by atoms with van der Waals surface area (Å²) in [5, 5.41) is 0.